The zero-order chi connectivity index (χ0) is 6.53. The second-order valence-electron chi connectivity index (χ2n) is 1.44. The summed E-state index contributed by atoms with van der Waals surface area (Å²) in [5, 5.41) is 4.05. The Morgan fingerprint density at radius 3 is 3.11 bits per heavy atom. The lowest BCUT2D eigenvalue weighted by Crippen LogP contribution is -2.24. The number of hydrogen-bond donors (Lipinski definition) is 0. The van der Waals surface area contributed by atoms with Gasteiger partial charge in [0.15, 0.2) is 0 Å². The molecular weight excluding hydrogens is 128 g/mol. The molecule has 0 aromatic carbocycles. The Hall–Kier alpha value is -0.650. The molecule has 5 nitrogen and oxygen atoms in total. The Kier molecular flexibility index (Phi) is 2.44. The minimum absolute atomic E-state index is 0.305. The van der Waals surface area contributed by atoms with E-state index in [9.17, 15) is 4.79 Å². The average Bonchev–Trinajstić information content (AvgIpc) is 1.91. The Balaban J connectivity index is 2.15. The van der Waals surface area contributed by atoms with Crippen LogP contribution in [0.2, 0.25) is 0 Å². The quantitative estimate of drug-likeness (QED) is 0.385. The summed E-state index contributed by atoms with van der Waals surface area (Å²) in [7, 11) is 0. The first-order chi connectivity index (χ1) is 4.43. The Labute approximate surface area is 51.3 Å². The smallest absolute Gasteiger partial charge is 0.295 e. The van der Waals surface area contributed by atoms with E-state index in [1.54, 1.807) is 0 Å². The number of carbonyl (C=O) groups is 1. The fraction of sp³-hybridized carbons (Fsp3) is 0.750. The van der Waals surface area contributed by atoms with E-state index in [0.717, 1.165) is 0 Å². The summed E-state index contributed by atoms with van der Waals surface area (Å²) < 4.78 is 4.38. The summed E-state index contributed by atoms with van der Waals surface area (Å²) >= 11 is 0. The lowest BCUT2D eigenvalue weighted by Gasteiger charge is -2.17. The molecule has 0 saturated carbocycles. The van der Waals surface area contributed by atoms with Crippen molar-refractivity contribution in [1.29, 1.82) is 0 Å². The van der Waals surface area contributed by atoms with Crippen LogP contribution in [-0.2, 0) is 24.3 Å². The van der Waals surface area contributed by atoms with Gasteiger partial charge in [-0.3, -0.25) is 4.79 Å². The predicted octanol–water partition coefficient (Wildman–Crippen LogP) is -0.231. The fourth-order valence-electron chi connectivity index (χ4n) is 0.451. The summed E-state index contributed by atoms with van der Waals surface area (Å²) in [4.78, 5) is 18.3. The van der Waals surface area contributed by atoms with Crippen molar-refractivity contribution < 1.29 is 24.3 Å². The highest BCUT2D eigenvalue weighted by atomic mass is 17.5. The Bertz CT molecular complexity index is 87.0. The van der Waals surface area contributed by atoms with Crippen LogP contribution < -0.4 is 0 Å². The molecule has 1 unspecified atom stereocenters. The van der Waals surface area contributed by atoms with Crippen molar-refractivity contribution >= 4 is 6.47 Å². The molecule has 1 heterocycles. The van der Waals surface area contributed by atoms with Crippen LogP contribution in [-0.4, -0.2) is 19.4 Å². The Morgan fingerprint density at radius 1 is 1.67 bits per heavy atom. The van der Waals surface area contributed by atoms with Crippen molar-refractivity contribution in [3.05, 3.63) is 0 Å². The van der Waals surface area contributed by atoms with E-state index in [4.69, 9.17) is 0 Å². The van der Waals surface area contributed by atoms with E-state index in [-0.39, 0.29) is 0 Å². The van der Waals surface area contributed by atoms with Crippen LogP contribution in [0.3, 0.4) is 0 Å². The largest absolute Gasteiger partial charge is 0.435 e. The van der Waals surface area contributed by atoms with E-state index in [2.05, 4.69) is 19.6 Å². The lowest BCUT2D eigenvalue weighted by molar-refractivity contribution is -0.567. The third-order valence-electron chi connectivity index (χ3n) is 0.839. The van der Waals surface area contributed by atoms with Gasteiger partial charge in [0.25, 0.3) is 6.47 Å². The summed E-state index contributed by atoms with van der Waals surface area (Å²) in [6.45, 7) is 0.678. The van der Waals surface area contributed by atoms with Crippen molar-refractivity contribution in [2.75, 3.05) is 6.61 Å². The van der Waals surface area contributed by atoms with Gasteiger partial charge in [-0.1, -0.05) is 5.04 Å². The second kappa shape index (κ2) is 3.39. The number of ether oxygens (including phenoxy) is 1. The van der Waals surface area contributed by atoms with Crippen LogP contribution in [0.4, 0.5) is 0 Å². The van der Waals surface area contributed by atoms with Crippen LogP contribution in [0.1, 0.15) is 6.42 Å². The first-order valence-electron chi connectivity index (χ1n) is 2.47. The van der Waals surface area contributed by atoms with Gasteiger partial charge in [-0.15, -0.1) is 0 Å². The maximum atomic E-state index is 9.67. The fourth-order valence-corrected chi connectivity index (χ4v) is 0.451. The van der Waals surface area contributed by atoms with Gasteiger partial charge in [0.05, 0.1) is 6.61 Å². The molecule has 0 aliphatic carbocycles. The molecule has 1 atom stereocenters. The molecule has 0 amide bonds. The molecule has 0 spiro atoms. The molecule has 0 aromatic rings. The highest BCUT2D eigenvalue weighted by molar-refractivity contribution is 5.37. The highest BCUT2D eigenvalue weighted by Gasteiger charge is 2.15. The summed E-state index contributed by atoms with van der Waals surface area (Å²) in [6, 6.07) is 0. The van der Waals surface area contributed by atoms with Crippen LogP contribution in [0, 0.1) is 0 Å². The molecule has 9 heavy (non-hydrogen) atoms. The van der Waals surface area contributed by atoms with Crippen molar-refractivity contribution in [3.8, 4) is 0 Å². The van der Waals surface area contributed by atoms with Crippen molar-refractivity contribution in [1.82, 2.24) is 0 Å². The summed E-state index contributed by atoms with van der Waals surface area (Å²) in [5.41, 5.74) is 0. The third kappa shape index (κ3) is 1.96. The Morgan fingerprint density at radius 2 is 2.56 bits per heavy atom. The predicted molar refractivity (Wildman–Crippen MR) is 23.7 cm³/mol. The number of hydrogen-bond acceptors (Lipinski definition) is 5. The number of rotatable bonds is 2. The monoisotopic (exact) mass is 134 g/mol. The summed E-state index contributed by atoms with van der Waals surface area (Å²) in [6.07, 6.45) is -0.116. The standard InChI is InChI=1S/C4H6O5/c5-3-6-4-1-2-7-9-8-4/h3-4H,1-2H2. The van der Waals surface area contributed by atoms with Crippen LogP contribution >= 0.6 is 0 Å². The van der Waals surface area contributed by atoms with Crippen LogP contribution in [0.25, 0.3) is 0 Å². The molecule has 0 radical (unpaired) electrons. The second-order valence-corrected chi connectivity index (χ2v) is 1.44. The van der Waals surface area contributed by atoms with Gasteiger partial charge >= 0.3 is 0 Å². The van der Waals surface area contributed by atoms with Crippen molar-refractivity contribution in [2.24, 2.45) is 0 Å². The zero-order valence-electron chi connectivity index (χ0n) is 4.61. The minimum Gasteiger partial charge on any atom is -0.435 e. The first kappa shape index (κ1) is 6.47. The van der Waals surface area contributed by atoms with E-state index in [1.807, 2.05) is 0 Å². The lowest BCUT2D eigenvalue weighted by atomic mass is 10.4. The van der Waals surface area contributed by atoms with Gasteiger partial charge in [-0.25, -0.2) is 4.89 Å². The molecular formula is C4H6O5. The van der Waals surface area contributed by atoms with Gasteiger partial charge in [-0.05, 0) is 0 Å². The molecule has 1 aliphatic rings. The summed E-state index contributed by atoms with van der Waals surface area (Å²) in [5.74, 6) is 0. The SMILES string of the molecule is O=COC1CCOOO1. The van der Waals surface area contributed by atoms with Gasteiger partial charge in [0.1, 0.15) is 0 Å². The van der Waals surface area contributed by atoms with Crippen LogP contribution in [0.15, 0.2) is 0 Å². The minimum atomic E-state index is -0.615. The van der Waals surface area contributed by atoms with Crippen molar-refractivity contribution in [3.63, 3.8) is 0 Å². The topological polar surface area (TPSA) is 54.0 Å². The highest BCUT2D eigenvalue weighted by Crippen LogP contribution is 2.06. The average molecular weight is 134 g/mol. The van der Waals surface area contributed by atoms with E-state index >= 15 is 0 Å². The molecule has 1 saturated heterocycles. The van der Waals surface area contributed by atoms with Crippen molar-refractivity contribution in [2.45, 2.75) is 12.7 Å². The third-order valence-corrected chi connectivity index (χ3v) is 0.839. The molecule has 1 rings (SSSR count). The molecule has 52 valence electrons. The van der Waals surface area contributed by atoms with Gasteiger partial charge in [-0.2, -0.15) is 4.89 Å². The normalized spacial score (nSPS) is 27.3. The maximum absolute atomic E-state index is 9.67. The van der Waals surface area contributed by atoms with E-state index in [1.165, 1.54) is 0 Å². The first-order valence-corrected chi connectivity index (χ1v) is 2.47. The maximum Gasteiger partial charge on any atom is 0.295 e. The molecule has 0 aromatic heterocycles. The van der Waals surface area contributed by atoms with Gasteiger partial charge in [0.2, 0.25) is 6.29 Å². The van der Waals surface area contributed by atoms with Gasteiger partial charge < -0.3 is 4.74 Å². The zero-order valence-corrected chi connectivity index (χ0v) is 4.61. The van der Waals surface area contributed by atoms with E-state index < -0.39 is 6.29 Å². The molecule has 0 bridgehead atoms. The molecule has 1 fully saturated rings. The van der Waals surface area contributed by atoms with Gasteiger partial charge in [0, 0.05) is 6.42 Å². The number of carbonyl (C=O) groups excluding carboxylic acids is 1. The van der Waals surface area contributed by atoms with E-state index in [0.29, 0.717) is 19.5 Å². The molecule has 0 N–H and O–H groups in total. The van der Waals surface area contributed by atoms with Crippen LogP contribution in [0.5, 0.6) is 0 Å². The molecule has 1 aliphatic heterocycles. The molecule has 5 heteroatoms.